The topological polar surface area (TPSA) is 35.2 Å². The van der Waals surface area contributed by atoms with Crippen LogP contribution in [0.5, 0.6) is 0 Å². The van der Waals surface area contributed by atoms with Crippen molar-refractivity contribution >= 4 is 0 Å². The fourth-order valence-electron chi connectivity index (χ4n) is 1.83. The van der Waals surface area contributed by atoms with Gasteiger partial charge < -0.3 is 10.5 Å². The Balaban J connectivity index is 2.11. The summed E-state index contributed by atoms with van der Waals surface area (Å²) >= 11 is 0. The van der Waals surface area contributed by atoms with Gasteiger partial charge in [0.25, 0.3) is 0 Å². The van der Waals surface area contributed by atoms with Crippen LogP contribution in [-0.2, 0) is 4.74 Å². The zero-order valence-electron chi connectivity index (χ0n) is 8.02. The van der Waals surface area contributed by atoms with Gasteiger partial charge >= 0.3 is 6.18 Å². The summed E-state index contributed by atoms with van der Waals surface area (Å²) in [6.45, 7) is -1.17. The van der Waals surface area contributed by atoms with Gasteiger partial charge in [-0.1, -0.05) is 12.8 Å². The Hall–Kier alpha value is -0.290. The van der Waals surface area contributed by atoms with Crippen LogP contribution in [0.1, 0.15) is 25.7 Å². The molecule has 14 heavy (non-hydrogen) atoms. The van der Waals surface area contributed by atoms with E-state index in [0.29, 0.717) is 5.92 Å². The molecule has 1 aliphatic carbocycles. The summed E-state index contributed by atoms with van der Waals surface area (Å²) < 4.78 is 39.7. The quantitative estimate of drug-likeness (QED) is 0.772. The number of hydrogen-bond donors (Lipinski definition) is 1. The number of ether oxygens (including phenoxy) is 1. The van der Waals surface area contributed by atoms with Gasteiger partial charge in [-0.2, -0.15) is 13.2 Å². The second-order valence-corrected chi connectivity index (χ2v) is 3.84. The van der Waals surface area contributed by atoms with E-state index in [1.165, 1.54) is 0 Å². The van der Waals surface area contributed by atoms with E-state index < -0.39 is 12.8 Å². The fourth-order valence-corrected chi connectivity index (χ4v) is 1.83. The molecule has 0 spiro atoms. The molecule has 1 aliphatic rings. The summed E-state index contributed by atoms with van der Waals surface area (Å²) in [7, 11) is 0. The smallest absolute Gasteiger partial charge is 0.370 e. The number of hydrogen-bond acceptors (Lipinski definition) is 2. The molecule has 0 amide bonds. The van der Waals surface area contributed by atoms with E-state index in [-0.39, 0.29) is 12.6 Å². The van der Waals surface area contributed by atoms with Crippen LogP contribution in [0.4, 0.5) is 13.2 Å². The molecule has 0 bridgehead atoms. The van der Waals surface area contributed by atoms with Crippen molar-refractivity contribution in [2.75, 3.05) is 13.2 Å². The van der Waals surface area contributed by atoms with Gasteiger partial charge in [-0.05, 0) is 18.8 Å². The number of halogens is 3. The van der Waals surface area contributed by atoms with Gasteiger partial charge in [0.05, 0.1) is 6.61 Å². The average molecular weight is 211 g/mol. The molecule has 5 heteroatoms. The third-order valence-corrected chi connectivity index (χ3v) is 2.58. The van der Waals surface area contributed by atoms with Crippen LogP contribution in [0.3, 0.4) is 0 Å². The molecule has 1 saturated carbocycles. The molecule has 0 radical (unpaired) electrons. The van der Waals surface area contributed by atoms with Crippen molar-refractivity contribution < 1.29 is 17.9 Å². The van der Waals surface area contributed by atoms with E-state index in [1.807, 2.05) is 0 Å². The molecule has 2 nitrogen and oxygen atoms in total. The van der Waals surface area contributed by atoms with Crippen LogP contribution in [0, 0.1) is 5.92 Å². The number of alkyl halides is 3. The second-order valence-electron chi connectivity index (χ2n) is 3.84. The van der Waals surface area contributed by atoms with Crippen LogP contribution >= 0.6 is 0 Å². The normalized spacial score (nSPS) is 21.4. The molecule has 1 rings (SSSR count). The first-order valence-electron chi connectivity index (χ1n) is 4.89. The predicted octanol–water partition coefficient (Wildman–Crippen LogP) is 2.08. The van der Waals surface area contributed by atoms with Crippen molar-refractivity contribution in [2.24, 2.45) is 11.7 Å². The third-order valence-electron chi connectivity index (χ3n) is 2.58. The van der Waals surface area contributed by atoms with Gasteiger partial charge in [0.1, 0.15) is 6.61 Å². The van der Waals surface area contributed by atoms with Crippen LogP contribution in [0.15, 0.2) is 0 Å². The molecule has 0 aromatic heterocycles. The minimum atomic E-state index is -4.24. The lowest BCUT2D eigenvalue weighted by Gasteiger charge is -2.19. The Morgan fingerprint density at radius 1 is 1.29 bits per heavy atom. The maximum absolute atomic E-state index is 11.7. The molecule has 2 N–H and O–H groups in total. The first-order valence-corrected chi connectivity index (χ1v) is 4.89. The van der Waals surface area contributed by atoms with E-state index in [2.05, 4.69) is 4.74 Å². The Bertz CT molecular complexity index is 166. The minimum absolute atomic E-state index is 0.0180. The molecule has 1 atom stereocenters. The van der Waals surface area contributed by atoms with E-state index >= 15 is 0 Å². The molecule has 0 aromatic carbocycles. The van der Waals surface area contributed by atoms with Crippen molar-refractivity contribution in [2.45, 2.75) is 37.9 Å². The first kappa shape index (κ1) is 11.8. The average Bonchev–Trinajstić information content (AvgIpc) is 2.53. The summed E-state index contributed by atoms with van der Waals surface area (Å²) in [5.41, 5.74) is 5.72. The van der Waals surface area contributed by atoms with E-state index in [0.717, 1.165) is 25.7 Å². The van der Waals surface area contributed by atoms with Gasteiger partial charge in [-0.15, -0.1) is 0 Å². The molecule has 1 fully saturated rings. The standard InChI is InChI=1S/C9H16F3NO/c10-9(11,12)6-14-5-8(13)7-3-1-2-4-7/h7-8H,1-6,13H2. The summed E-state index contributed by atoms with van der Waals surface area (Å²) in [4.78, 5) is 0. The Labute approximate surface area is 81.6 Å². The highest BCUT2D eigenvalue weighted by Gasteiger charge is 2.29. The van der Waals surface area contributed by atoms with Gasteiger partial charge in [-0.25, -0.2) is 0 Å². The van der Waals surface area contributed by atoms with Gasteiger partial charge in [0, 0.05) is 6.04 Å². The van der Waals surface area contributed by atoms with Crippen molar-refractivity contribution in [1.29, 1.82) is 0 Å². The minimum Gasteiger partial charge on any atom is -0.370 e. The number of rotatable bonds is 4. The zero-order valence-corrected chi connectivity index (χ0v) is 8.02. The van der Waals surface area contributed by atoms with Crippen LogP contribution in [-0.4, -0.2) is 25.4 Å². The van der Waals surface area contributed by atoms with Crippen molar-refractivity contribution in [3.8, 4) is 0 Å². The molecule has 0 saturated heterocycles. The van der Waals surface area contributed by atoms with E-state index in [4.69, 9.17) is 5.73 Å². The third kappa shape index (κ3) is 4.28. The SMILES string of the molecule is NC(COCC(F)(F)F)C1CCCC1. The molecular formula is C9H16F3NO. The Kier molecular flexibility index (Phi) is 4.19. The lowest BCUT2D eigenvalue weighted by molar-refractivity contribution is -0.175. The molecule has 1 unspecified atom stereocenters. The highest BCUT2D eigenvalue weighted by Crippen LogP contribution is 2.27. The van der Waals surface area contributed by atoms with E-state index in [9.17, 15) is 13.2 Å². The van der Waals surface area contributed by atoms with Crippen molar-refractivity contribution in [3.05, 3.63) is 0 Å². The second kappa shape index (κ2) is 4.98. The fraction of sp³-hybridized carbons (Fsp3) is 1.00. The zero-order chi connectivity index (χ0) is 10.6. The molecule has 0 heterocycles. The summed E-state index contributed by atoms with van der Waals surface area (Å²) in [5, 5.41) is 0. The van der Waals surface area contributed by atoms with Crippen molar-refractivity contribution in [3.63, 3.8) is 0 Å². The van der Waals surface area contributed by atoms with Gasteiger partial charge in [0.15, 0.2) is 0 Å². The number of nitrogens with two attached hydrogens (primary N) is 1. The highest BCUT2D eigenvalue weighted by atomic mass is 19.4. The van der Waals surface area contributed by atoms with Gasteiger partial charge in [-0.3, -0.25) is 0 Å². The maximum atomic E-state index is 11.7. The van der Waals surface area contributed by atoms with Crippen molar-refractivity contribution in [1.82, 2.24) is 0 Å². The van der Waals surface area contributed by atoms with Crippen LogP contribution < -0.4 is 5.73 Å². The Morgan fingerprint density at radius 3 is 2.36 bits per heavy atom. The van der Waals surface area contributed by atoms with E-state index in [1.54, 1.807) is 0 Å². The maximum Gasteiger partial charge on any atom is 0.411 e. The molecule has 0 aliphatic heterocycles. The molecule has 0 aromatic rings. The monoisotopic (exact) mass is 211 g/mol. The Morgan fingerprint density at radius 2 is 1.86 bits per heavy atom. The highest BCUT2D eigenvalue weighted by molar-refractivity contribution is 4.77. The first-order chi connectivity index (χ1) is 6.49. The largest absolute Gasteiger partial charge is 0.411 e. The summed E-state index contributed by atoms with van der Waals surface area (Å²) in [6, 6.07) is -0.236. The lowest BCUT2D eigenvalue weighted by Crippen LogP contribution is -2.34. The summed E-state index contributed by atoms with van der Waals surface area (Å²) in [5.74, 6) is 0.350. The van der Waals surface area contributed by atoms with Gasteiger partial charge in [0.2, 0.25) is 0 Å². The predicted molar refractivity (Wildman–Crippen MR) is 46.8 cm³/mol. The summed E-state index contributed by atoms with van der Waals surface area (Å²) in [6.07, 6.45) is 0.0811. The van der Waals surface area contributed by atoms with Crippen LogP contribution in [0.25, 0.3) is 0 Å². The molecule has 84 valence electrons. The molecular weight excluding hydrogens is 195 g/mol. The van der Waals surface area contributed by atoms with Crippen LogP contribution in [0.2, 0.25) is 0 Å². The lowest BCUT2D eigenvalue weighted by atomic mass is 10.00.